The Kier molecular flexibility index (Phi) is 1.89. The highest BCUT2D eigenvalue weighted by Crippen LogP contribution is 2.71. The first kappa shape index (κ1) is 10.1. The van der Waals surface area contributed by atoms with Crippen LogP contribution in [0, 0.1) is 28.6 Å². The molecule has 5 atom stereocenters. The van der Waals surface area contributed by atoms with Gasteiger partial charge in [0.15, 0.2) is 0 Å². The van der Waals surface area contributed by atoms with Crippen LogP contribution < -0.4 is 0 Å². The Labute approximate surface area is 93.3 Å². The Balaban J connectivity index is 1.85. The lowest BCUT2D eigenvalue weighted by atomic mass is 9.59. The predicted octanol–water partition coefficient (Wildman–Crippen LogP) is 3.22. The lowest BCUT2D eigenvalue weighted by Gasteiger charge is -2.47. The first-order valence-electron chi connectivity index (χ1n) is 6.63. The number of hydrogen-bond acceptors (Lipinski definition) is 1. The van der Waals surface area contributed by atoms with Gasteiger partial charge >= 0.3 is 0 Å². The van der Waals surface area contributed by atoms with Crippen LogP contribution in [0.3, 0.4) is 0 Å². The maximum Gasteiger partial charge on any atom is 0.0573 e. The van der Waals surface area contributed by atoms with Crippen LogP contribution in [0.5, 0.6) is 0 Å². The summed E-state index contributed by atoms with van der Waals surface area (Å²) in [5.41, 5.74) is 1.05. The molecular formula is C14H24O. The zero-order valence-electron chi connectivity index (χ0n) is 10.3. The fraction of sp³-hybridized carbons (Fsp3) is 1.00. The topological polar surface area (TPSA) is 20.2 Å². The highest BCUT2D eigenvalue weighted by Gasteiger charge is 2.64. The molecule has 0 unspecified atom stereocenters. The molecule has 1 nitrogen and oxygen atoms in total. The molecule has 0 aromatic heterocycles. The number of fused-ring (bicyclic) bond motifs is 2. The molecule has 0 spiro atoms. The lowest BCUT2D eigenvalue weighted by Crippen LogP contribution is -2.42. The van der Waals surface area contributed by atoms with Crippen LogP contribution in [-0.2, 0) is 0 Å². The number of aliphatic hydroxyl groups is 1. The van der Waals surface area contributed by atoms with E-state index in [0.717, 1.165) is 18.3 Å². The Morgan fingerprint density at radius 3 is 2.53 bits per heavy atom. The largest absolute Gasteiger partial charge is 0.393 e. The number of hydrogen-bond donors (Lipinski definition) is 1. The van der Waals surface area contributed by atoms with E-state index in [9.17, 15) is 5.11 Å². The quantitative estimate of drug-likeness (QED) is 0.648. The summed E-state index contributed by atoms with van der Waals surface area (Å²) in [7, 11) is 0. The Bertz CT molecular complexity index is 283. The van der Waals surface area contributed by atoms with Crippen molar-refractivity contribution >= 4 is 0 Å². The van der Waals surface area contributed by atoms with Gasteiger partial charge in [0.05, 0.1) is 6.10 Å². The molecule has 0 aliphatic heterocycles. The molecular weight excluding hydrogens is 184 g/mol. The maximum absolute atomic E-state index is 10.2. The summed E-state index contributed by atoms with van der Waals surface area (Å²) in [5.74, 6) is 2.49. The minimum atomic E-state index is 0.00102. The van der Waals surface area contributed by atoms with Gasteiger partial charge in [-0.25, -0.2) is 0 Å². The SMILES string of the molecule is CC1(C)[C@@H]2C[C@H]3[C@H](O)CCC[C@@]3(C)C[C@@H]21. The van der Waals surface area contributed by atoms with E-state index in [1.165, 1.54) is 25.7 Å². The van der Waals surface area contributed by atoms with Crippen molar-refractivity contribution in [1.82, 2.24) is 0 Å². The minimum Gasteiger partial charge on any atom is -0.393 e. The molecule has 15 heavy (non-hydrogen) atoms. The molecule has 0 amide bonds. The monoisotopic (exact) mass is 208 g/mol. The second-order valence-electron chi connectivity index (χ2n) is 7.19. The lowest BCUT2D eigenvalue weighted by molar-refractivity contribution is -0.0465. The van der Waals surface area contributed by atoms with E-state index >= 15 is 0 Å². The van der Waals surface area contributed by atoms with Crippen molar-refractivity contribution in [1.29, 1.82) is 0 Å². The first-order valence-corrected chi connectivity index (χ1v) is 6.63. The minimum absolute atomic E-state index is 0.00102. The van der Waals surface area contributed by atoms with Crippen LogP contribution in [0.4, 0.5) is 0 Å². The standard InChI is InChI=1S/C14H24O/c1-13(2)9-7-10-12(15)5-4-6-14(10,3)8-11(9)13/h9-12,15H,4-8H2,1-3H3/t9-,10+,11+,12-,14+/m1/s1. The predicted molar refractivity (Wildman–Crippen MR) is 61.4 cm³/mol. The van der Waals surface area contributed by atoms with Crippen molar-refractivity contribution in [3.05, 3.63) is 0 Å². The van der Waals surface area contributed by atoms with Crippen LogP contribution in [0.15, 0.2) is 0 Å². The summed E-state index contributed by atoms with van der Waals surface area (Å²) in [4.78, 5) is 0. The molecule has 3 fully saturated rings. The van der Waals surface area contributed by atoms with Gasteiger partial charge in [-0.1, -0.05) is 27.2 Å². The van der Waals surface area contributed by atoms with Gasteiger partial charge in [0.2, 0.25) is 0 Å². The van der Waals surface area contributed by atoms with Crippen molar-refractivity contribution in [2.24, 2.45) is 28.6 Å². The van der Waals surface area contributed by atoms with E-state index < -0.39 is 0 Å². The molecule has 0 heterocycles. The summed E-state index contributed by atoms with van der Waals surface area (Å²) < 4.78 is 0. The van der Waals surface area contributed by atoms with Crippen LogP contribution in [-0.4, -0.2) is 11.2 Å². The van der Waals surface area contributed by atoms with Gasteiger partial charge in [0.1, 0.15) is 0 Å². The van der Waals surface area contributed by atoms with Crippen molar-refractivity contribution < 1.29 is 5.11 Å². The highest BCUT2D eigenvalue weighted by molar-refractivity contribution is 5.13. The Morgan fingerprint density at radius 1 is 1.07 bits per heavy atom. The van der Waals surface area contributed by atoms with Gasteiger partial charge in [-0.2, -0.15) is 0 Å². The maximum atomic E-state index is 10.2. The van der Waals surface area contributed by atoms with Crippen molar-refractivity contribution in [2.75, 3.05) is 0 Å². The van der Waals surface area contributed by atoms with Crippen molar-refractivity contribution in [3.63, 3.8) is 0 Å². The molecule has 3 aliphatic rings. The third-order valence-electron chi connectivity index (χ3n) is 6.09. The molecule has 3 rings (SSSR count). The third-order valence-corrected chi connectivity index (χ3v) is 6.09. The summed E-state index contributed by atoms with van der Waals surface area (Å²) in [6.45, 7) is 7.29. The summed E-state index contributed by atoms with van der Waals surface area (Å²) in [5, 5.41) is 10.2. The van der Waals surface area contributed by atoms with Crippen LogP contribution in [0.1, 0.15) is 52.9 Å². The van der Waals surface area contributed by atoms with E-state index in [-0.39, 0.29) is 6.10 Å². The second-order valence-corrected chi connectivity index (χ2v) is 7.19. The van der Waals surface area contributed by atoms with E-state index in [1.807, 2.05) is 0 Å². The number of aliphatic hydroxyl groups excluding tert-OH is 1. The molecule has 1 N–H and O–H groups in total. The molecule has 0 aromatic carbocycles. The zero-order valence-corrected chi connectivity index (χ0v) is 10.3. The average molecular weight is 208 g/mol. The fourth-order valence-electron chi connectivity index (χ4n) is 4.77. The average Bonchev–Trinajstić information content (AvgIpc) is 2.65. The fourth-order valence-corrected chi connectivity index (χ4v) is 4.77. The van der Waals surface area contributed by atoms with E-state index in [0.29, 0.717) is 16.7 Å². The van der Waals surface area contributed by atoms with Crippen molar-refractivity contribution in [2.45, 2.75) is 59.0 Å². The van der Waals surface area contributed by atoms with Crippen molar-refractivity contribution in [3.8, 4) is 0 Å². The molecule has 1 heteroatoms. The molecule has 0 radical (unpaired) electrons. The van der Waals surface area contributed by atoms with Gasteiger partial charge in [0, 0.05) is 0 Å². The molecule has 0 saturated heterocycles. The molecule has 0 bridgehead atoms. The second kappa shape index (κ2) is 2.80. The van der Waals surface area contributed by atoms with Gasteiger partial charge in [-0.05, 0) is 54.3 Å². The molecule has 86 valence electrons. The Morgan fingerprint density at radius 2 is 1.80 bits per heavy atom. The van der Waals surface area contributed by atoms with E-state index in [1.54, 1.807) is 0 Å². The van der Waals surface area contributed by atoms with Gasteiger partial charge in [-0.15, -0.1) is 0 Å². The zero-order chi connectivity index (χ0) is 10.8. The molecule has 3 saturated carbocycles. The van der Waals surface area contributed by atoms with Crippen LogP contribution in [0.2, 0.25) is 0 Å². The normalized spacial score (nSPS) is 56.8. The summed E-state index contributed by atoms with van der Waals surface area (Å²) in [6, 6.07) is 0. The first-order chi connectivity index (χ1) is 6.95. The van der Waals surface area contributed by atoms with E-state index in [2.05, 4.69) is 20.8 Å². The van der Waals surface area contributed by atoms with Crippen LogP contribution >= 0.6 is 0 Å². The highest BCUT2D eigenvalue weighted by atomic mass is 16.3. The molecule has 3 aliphatic carbocycles. The molecule has 0 aromatic rings. The smallest absolute Gasteiger partial charge is 0.0573 e. The van der Waals surface area contributed by atoms with Crippen LogP contribution in [0.25, 0.3) is 0 Å². The number of rotatable bonds is 0. The van der Waals surface area contributed by atoms with Gasteiger partial charge in [-0.3, -0.25) is 0 Å². The third kappa shape index (κ3) is 1.25. The summed E-state index contributed by atoms with van der Waals surface area (Å²) in [6.07, 6.45) is 6.33. The van der Waals surface area contributed by atoms with Gasteiger partial charge < -0.3 is 5.11 Å². The van der Waals surface area contributed by atoms with E-state index in [4.69, 9.17) is 0 Å². The van der Waals surface area contributed by atoms with Gasteiger partial charge in [0.25, 0.3) is 0 Å². The summed E-state index contributed by atoms with van der Waals surface area (Å²) >= 11 is 0. The Hall–Kier alpha value is -0.0400.